The first kappa shape index (κ1) is 10.7. The van der Waals surface area contributed by atoms with E-state index in [1.807, 2.05) is 0 Å². The second kappa shape index (κ2) is 4.79. The highest BCUT2D eigenvalue weighted by Crippen LogP contribution is 2.21. The SMILES string of the molecule is CC(C)C[n+]1ccn(C2CCCCO2)c1. The number of aromatic nitrogens is 2. The molecule has 1 aromatic rings. The summed E-state index contributed by atoms with van der Waals surface area (Å²) in [7, 11) is 0. The first-order valence-electron chi connectivity index (χ1n) is 5.94. The van der Waals surface area contributed by atoms with Crippen LogP contribution in [-0.2, 0) is 11.3 Å². The molecular formula is C12H21N2O+. The average Bonchev–Trinajstić information content (AvgIpc) is 2.67. The molecule has 84 valence electrons. The Morgan fingerprint density at radius 1 is 1.47 bits per heavy atom. The fourth-order valence-electron chi connectivity index (χ4n) is 2.07. The highest BCUT2D eigenvalue weighted by molar-refractivity contribution is 4.72. The lowest BCUT2D eigenvalue weighted by Gasteiger charge is -2.19. The van der Waals surface area contributed by atoms with Gasteiger partial charge < -0.3 is 4.74 Å². The topological polar surface area (TPSA) is 18.0 Å². The van der Waals surface area contributed by atoms with Crippen molar-refractivity contribution in [2.75, 3.05) is 6.61 Å². The average molecular weight is 209 g/mol. The predicted octanol–water partition coefficient (Wildman–Crippen LogP) is 2.13. The smallest absolute Gasteiger partial charge is 0.245 e. The summed E-state index contributed by atoms with van der Waals surface area (Å²) in [6, 6.07) is 0. The Morgan fingerprint density at radius 3 is 3.00 bits per heavy atom. The maximum Gasteiger partial charge on any atom is 0.245 e. The van der Waals surface area contributed by atoms with Crippen molar-refractivity contribution >= 4 is 0 Å². The van der Waals surface area contributed by atoms with Gasteiger partial charge in [0.25, 0.3) is 0 Å². The minimum Gasteiger partial charge on any atom is -0.339 e. The molecule has 3 heteroatoms. The van der Waals surface area contributed by atoms with Gasteiger partial charge in [-0.05, 0) is 18.8 Å². The Kier molecular flexibility index (Phi) is 3.41. The van der Waals surface area contributed by atoms with Crippen molar-refractivity contribution in [2.24, 2.45) is 5.92 Å². The van der Waals surface area contributed by atoms with Gasteiger partial charge in [0, 0.05) is 6.42 Å². The van der Waals surface area contributed by atoms with E-state index in [-0.39, 0.29) is 6.23 Å². The molecule has 3 nitrogen and oxygen atoms in total. The molecule has 1 aliphatic heterocycles. The third-order valence-corrected chi connectivity index (χ3v) is 2.78. The molecule has 15 heavy (non-hydrogen) atoms. The van der Waals surface area contributed by atoms with Gasteiger partial charge in [-0.2, -0.15) is 0 Å². The lowest BCUT2D eigenvalue weighted by Crippen LogP contribution is -2.34. The molecule has 1 aromatic heterocycles. The Balaban J connectivity index is 1.99. The summed E-state index contributed by atoms with van der Waals surface area (Å²) in [5.74, 6) is 0.693. The molecule has 0 radical (unpaired) electrons. The summed E-state index contributed by atoms with van der Waals surface area (Å²) in [6.45, 7) is 6.47. The number of hydrogen-bond donors (Lipinski definition) is 0. The van der Waals surface area contributed by atoms with Crippen LogP contribution in [0.25, 0.3) is 0 Å². The molecule has 1 fully saturated rings. The van der Waals surface area contributed by atoms with Gasteiger partial charge in [-0.15, -0.1) is 0 Å². The zero-order valence-corrected chi connectivity index (χ0v) is 9.72. The molecular weight excluding hydrogens is 188 g/mol. The normalized spacial score (nSPS) is 22.2. The largest absolute Gasteiger partial charge is 0.339 e. The van der Waals surface area contributed by atoms with Crippen LogP contribution in [0.4, 0.5) is 0 Å². The van der Waals surface area contributed by atoms with Gasteiger partial charge in [-0.3, -0.25) is 0 Å². The molecule has 1 atom stereocenters. The molecule has 1 aliphatic rings. The van der Waals surface area contributed by atoms with Gasteiger partial charge in [0.05, 0.1) is 13.2 Å². The van der Waals surface area contributed by atoms with E-state index < -0.39 is 0 Å². The van der Waals surface area contributed by atoms with Crippen molar-refractivity contribution in [3.8, 4) is 0 Å². The highest BCUT2D eigenvalue weighted by Gasteiger charge is 2.20. The van der Waals surface area contributed by atoms with Gasteiger partial charge in [-0.25, -0.2) is 9.13 Å². The van der Waals surface area contributed by atoms with Crippen LogP contribution >= 0.6 is 0 Å². The first-order valence-corrected chi connectivity index (χ1v) is 5.94. The van der Waals surface area contributed by atoms with Crippen LogP contribution in [-0.4, -0.2) is 11.2 Å². The van der Waals surface area contributed by atoms with Crippen molar-refractivity contribution in [3.63, 3.8) is 0 Å². The molecule has 0 N–H and O–H groups in total. The van der Waals surface area contributed by atoms with Crippen molar-refractivity contribution in [3.05, 3.63) is 18.7 Å². The summed E-state index contributed by atoms with van der Waals surface area (Å²) in [6.07, 6.45) is 10.3. The molecule has 0 amide bonds. The third kappa shape index (κ3) is 2.81. The molecule has 2 heterocycles. The molecule has 0 aromatic carbocycles. The Labute approximate surface area is 91.7 Å². The Hall–Kier alpha value is -0.830. The zero-order chi connectivity index (χ0) is 10.7. The summed E-state index contributed by atoms with van der Waals surface area (Å²) in [5.41, 5.74) is 0. The molecule has 0 saturated carbocycles. The maximum absolute atomic E-state index is 5.73. The van der Waals surface area contributed by atoms with E-state index in [4.69, 9.17) is 4.74 Å². The second-order valence-corrected chi connectivity index (χ2v) is 4.77. The molecule has 0 spiro atoms. The second-order valence-electron chi connectivity index (χ2n) is 4.77. The molecule has 0 bridgehead atoms. The van der Waals surface area contributed by atoms with Crippen LogP contribution < -0.4 is 4.57 Å². The maximum atomic E-state index is 5.73. The van der Waals surface area contributed by atoms with Gasteiger partial charge >= 0.3 is 0 Å². The number of imidazole rings is 1. The Morgan fingerprint density at radius 2 is 2.33 bits per heavy atom. The lowest BCUT2D eigenvalue weighted by atomic mass is 10.2. The van der Waals surface area contributed by atoms with E-state index in [9.17, 15) is 0 Å². The van der Waals surface area contributed by atoms with Gasteiger partial charge in [-0.1, -0.05) is 13.8 Å². The van der Waals surface area contributed by atoms with Crippen LogP contribution in [0.3, 0.4) is 0 Å². The quantitative estimate of drug-likeness (QED) is 0.697. The van der Waals surface area contributed by atoms with Crippen molar-refractivity contribution in [2.45, 2.75) is 45.9 Å². The number of ether oxygens (including phenoxy) is 1. The number of nitrogens with zero attached hydrogens (tertiary/aromatic N) is 2. The van der Waals surface area contributed by atoms with Crippen LogP contribution in [0.1, 0.15) is 39.3 Å². The van der Waals surface area contributed by atoms with Crippen molar-refractivity contribution in [1.29, 1.82) is 0 Å². The Bertz CT molecular complexity index is 300. The lowest BCUT2D eigenvalue weighted by molar-refractivity contribution is -0.702. The third-order valence-electron chi connectivity index (χ3n) is 2.78. The molecule has 0 aliphatic carbocycles. The van der Waals surface area contributed by atoms with Crippen molar-refractivity contribution < 1.29 is 9.30 Å². The fraction of sp³-hybridized carbons (Fsp3) is 0.750. The van der Waals surface area contributed by atoms with E-state index in [0.29, 0.717) is 5.92 Å². The molecule has 1 unspecified atom stereocenters. The summed E-state index contributed by atoms with van der Waals surface area (Å²) < 4.78 is 10.2. The van der Waals surface area contributed by atoms with Crippen LogP contribution in [0.5, 0.6) is 0 Å². The van der Waals surface area contributed by atoms with Crippen LogP contribution in [0.15, 0.2) is 18.7 Å². The van der Waals surface area contributed by atoms with E-state index in [0.717, 1.165) is 19.6 Å². The molecule has 2 rings (SSSR count). The summed E-state index contributed by atoms with van der Waals surface area (Å²) in [4.78, 5) is 0. The van der Waals surface area contributed by atoms with Crippen LogP contribution in [0.2, 0.25) is 0 Å². The minimum atomic E-state index is 0.271. The highest BCUT2D eigenvalue weighted by atomic mass is 16.5. The van der Waals surface area contributed by atoms with E-state index in [1.54, 1.807) is 0 Å². The van der Waals surface area contributed by atoms with Gasteiger partial charge in [0.1, 0.15) is 12.4 Å². The predicted molar refractivity (Wildman–Crippen MR) is 58.3 cm³/mol. The standard InChI is InChI=1S/C12H21N2O/c1-11(2)9-13-6-7-14(10-13)12-5-3-4-8-15-12/h6-7,10-12H,3-5,8-9H2,1-2H3/q+1. The van der Waals surface area contributed by atoms with E-state index in [1.165, 1.54) is 12.8 Å². The minimum absolute atomic E-state index is 0.271. The van der Waals surface area contributed by atoms with Crippen LogP contribution in [0, 0.1) is 5.92 Å². The van der Waals surface area contributed by atoms with Gasteiger partial charge in [0.2, 0.25) is 12.6 Å². The number of rotatable bonds is 3. The number of hydrogen-bond acceptors (Lipinski definition) is 1. The van der Waals surface area contributed by atoms with E-state index in [2.05, 4.69) is 41.7 Å². The van der Waals surface area contributed by atoms with Crippen molar-refractivity contribution in [1.82, 2.24) is 4.57 Å². The summed E-state index contributed by atoms with van der Waals surface area (Å²) in [5, 5.41) is 0. The fourth-order valence-corrected chi connectivity index (χ4v) is 2.07. The van der Waals surface area contributed by atoms with Gasteiger partial charge in [0.15, 0.2) is 0 Å². The first-order chi connectivity index (χ1) is 7.25. The monoisotopic (exact) mass is 209 g/mol. The van der Waals surface area contributed by atoms with E-state index >= 15 is 0 Å². The molecule has 1 saturated heterocycles. The summed E-state index contributed by atoms with van der Waals surface area (Å²) >= 11 is 0. The zero-order valence-electron chi connectivity index (χ0n) is 9.72.